The zero-order chi connectivity index (χ0) is 18.3. The molecule has 1 aliphatic carbocycles. The highest BCUT2D eigenvalue weighted by Gasteiger charge is 2.27. The van der Waals surface area contributed by atoms with Crippen LogP contribution in [0.1, 0.15) is 50.5 Å². The molecule has 140 valence electrons. The van der Waals surface area contributed by atoms with Crippen LogP contribution in [0.4, 0.5) is 4.39 Å². The summed E-state index contributed by atoms with van der Waals surface area (Å²) >= 11 is 0. The van der Waals surface area contributed by atoms with Crippen LogP contribution in [0.2, 0.25) is 0 Å². The number of nitrogens with zero attached hydrogens (tertiary/aromatic N) is 1. The Morgan fingerprint density at radius 1 is 1.16 bits per heavy atom. The number of sulfonamides is 1. The van der Waals surface area contributed by atoms with Gasteiger partial charge in [-0.05, 0) is 30.5 Å². The third-order valence-corrected chi connectivity index (χ3v) is 5.95. The molecule has 1 aromatic rings. The van der Waals surface area contributed by atoms with E-state index in [1.54, 1.807) is 12.1 Å². The first-order valence-corrected chi connectivity index (χ1v) is 10.7. The molecule has 0 saturated heterocycles. The molecule has 1 fully saturated rings. The Labute approximate surface area is 149 Å². The van der Waals surface area contributed by atoms with Crippen molar-refractivity contribution in [2.45, 2.75) is 57.5 Å². The van der Waals surface area contributed by atoms with Gasteiger partial charge in [-0.25, -0.2) is 12.8 Å². The minimum absolute atomic E-state index is 0.00222. The van der Waals surface area contributed by atoms with E-state index >= 15 is 0 Å². The highest BCUT2D eigenvalue weighted by molar-refractivity contribution is 7.88. The molecule has 1 saturated carbocycles. The molecule has 1 aliphatic rings. The molecular weight excluding hydrogens is 343 g/mol. The maximum atomic E-state index is 12.9. The molecule has 0 unspecified atom stereocenters. The molecule has 1 N–H and O–H groups in total. The standard InChI is InChI=1S/C18H27FN2O3S/c1-25(23,24)21(17-6-4-2-3-5-7-17)13-12-18(22)20-14-15-8-10-16(19)11-9-15/h8-11,17H,2-7,12-14H2,1H3,(H,20,22). The van der Waals surface area contributed by atoms with Crippen molar-refractivity contribution >= 4 is 15.9 Å². The Kier molecular flexibility index (Phi) is 7.38. The first-order valence-electron chi connectivity index (χ1n) is 8.84. The number of amides is 1. The van der Waals surface area contributed by atoms with Crippen molar-refractivity contribution in [3.8, 4) is 0 Å². The van der Waals surface area contributed by atoms with Gasteiger partial charge < -0.3 is 5.32 Å². The maximum absolute atomic E-state index is 12.9. The molecule has 1 aromatic carbocycles. The molecule has 0 heterocycles. The van der Waals surface area contributed by atoms with Gasteiger partial charge in [-0.15, -0.1) is 0 Å². The minimum atomic E-state index is -3.34. The van der Waals surface area contributed by atoms with Crippen molar-refractivity contribution < 1.29 is 17.6 Å². The summed E-state index contributed by atoms with van der Waals surface area (Å²) in [5.74, 6) is -0.520. The lowest BCUT2D eigenvalue weighted by molar-refractivity contribution is -0.121. The van der Waals surface area contributed by atoms with Crippen LogP contribution in [0, 0.1) is 5.82 Å². The van der Waals surface area contributed by atoms with Crippen LogP contribution in [0.25, 0.3) is 0 Å². The van der Waals surface area contributed by atoms with Crippen molar-refractivity contribution in [1.29, 1.82) is 0 Å². The SMILES string of the molecule is CS(=O)(=O)N(CCC(=O)NCc1ccc(F)cc1)C1CCCCCC1. The van der Waals surface area contributed by atoms with Crippen LogP contribution in [0.5, 0.6) is 0 Å². The molecule has 0 aromatic heterocycles. The molecule has 0 atom stereocenters. The average Bonchev–Trinajstić information content (AvgIpc) is 2.82. The molecule has 2 rings (SSSR count). The Morgan fingerprint density at radius 2 is 1.76 bits per heavy atom. The summed E-state index contributed by atoms with van der Waals surface area (Å²) in [6.07, 6.45) is 7.44. The number of hydrogen-bond acceptors (Lipinski definition) is 3. The largest absolute Gasteiger partial charge is 0.352 e. The zero-order valence-corrected chi connectivity index (χ0v) is 15.5. The molecule has 0 spiro atoms. The van der Waals surface area contributed by atoms with E-state index < -0.39 is 10.0 Å². The van der Waals surface area contributed by atoms with Gasteiger partial charge in [0, 0.05) is 25.6 Å². The normalized spacial score (nSPS) is 16.6. The van der Waals surface area contributed by atoms with E-state index in [9.17, 15) is 17.6 Å². The Morgan fingerprint density at radius 3 is 2.32 bits per heavy atom. The number of carbonyl (C=O) groups is 1. The first kappa shape index (κ1) is 19.8. The Hall–Kier alpha value is -1.47. The van der Waals surface area contributed by atoms with E-state index in [1.165, 1.54) is 22.7 Å². The smallest absolute Gasteiger partial charge is 0.221 e. The lowest BCUT2D eigenvalue weighted by Gasteiger charge is -2.28. The fraction of sp³-hybridized carbons (Fsp3) is 0.611. The predicted octanol–water partition coefficient (Wildman–Crippen LogP) is 2.82. The van der Waals surface area contributed by atoms with E-state index in [4.69, 9.17) is 0 Å². The lowest BCUT2D eigenvalue weighted by atomic mass is 10.1. The number of rotatable bonds is 7. The third kappa shape index (κ3) is 6.74. The van der Waals surface area contributed by atoms with E-state index in [-0.39, 0.29) is 30.7 Å². The molecule has 0 bridgehead atoms. The van der Waals surface area contributed by atoms with Crippen LogP contribution in [-0.2, 0) is 21.4 Å². The highest BCUT2D eigenvalue weighted by Crippen LogP contribution is 2.23. The summed E-state index contributed by atoms with van der Waals surface area (Å²) in [6.45, 7) is 0.514. The minimum Gasteiger partial charge on any atom is -0.352 e. The maximum Gasteiger partial charge on any atom is 0.221 e. The second-order valence-electron chi connectivity index (χ2n) is 6.67. The molecule has 5 nitrogen and oxygen atoms in total. The summed E-state index contributed by atoms with van der Waals surface area (Å²) in [5.41, 5.74) is 0.804. The van der Waals surface area contributed by atoms with Gasteiger partial charge in [-0.2, -0.15) is 4.31 Å². The van der Waals surface area contributed by atoms with Gasteiger partial charge in [0.1, 0.15) is 5.82 Å². The van der Waals surface area contributed by atoms with Crippen molar-refractivity contribution in [1.82, 2.24) is 9.62 Å². The van der Waals surface area contributed by atoms with Crippen molar-refractivity contribution in [3.63, 3.8) is 0 Å². The molecule has 7 heteroatoms. The Bertz CT molecular complexity index is 653. The van der Waals surface area contributed by atoms with Gasteiger partial charge in [-0.1, -0.05) is 37.8 Å². The van der Waals surface area contributed by atoms with Gasteiger partial charge in [0.15, 0.2) is 0 Å². The molecule has 25 heavy (non-hydrogen) atoms. The average molecular weight is 370 g/mol. The van der Waals surface area contributed by atoms with Crippen LogP contribution < -0.4 is 5.32 Å². The molecular formula is C18H27FN2O3S. The van der Waals surface area contributed by atoms with Gasteiger partial charge >= 0.3 is 0 Å². The summed E-state index contributed by atoms with van der Waals surface area (Å²) < 4.78 is 38.6. The van der Waals surface area contributed by atoms with E-state index in [1.807, 2.05) is 0 Å². The molecule has 1 amide bonds. The summed E-state index contributed by atoms with van der Waals surface area (Å²) in [4.78, 5) is 12.1. The van der Waals surface area contributed by atoms with E-state index in [0.29, 0.717) is 6.54 Å². The first-order chi connectivity index (χ1) is 11.9. The van der Waals surface area contributed by atoms with E-state index in [2.05, 4.69) is 5.32 Å². The van der Waals surface area contributed by atoms with Crippen LogP contribution in [0.15, 0.2) is 24.3 Å². The lowest BCUT2D eigenvalue weighted by Crippen LogP contribution is -2.41. The molecule has 0 radical (unpaired) electrons. The van der Waals surface area contributed by atoms with Crippen molar-refractivity contribution in [3.05, 3.63) is 35.6 Å². The highest BCUT2D eigenvalue weighted by atomic mass is 32.2. The fourth-order valence-electron chi connectivity index (χ4n) is 3.27. The number of benzene rings is 1. The Balaban J connectivity index is 1.86. The van der Waals surface area contributed by atoms with Crippen LogP contribution in [0.3, 0.4) is 0 Å². The second-order valence-corrected chi connectivity index (χ2v) is 8.61. The monoisotopic (exact) mass is 370 g/mol. The van der Waals surface area contributed by atoms with E-state index in [0.717, 1.165) is 44.1 Å². The third-order valence-electron chi connectivity index (χ3n) is 4.62. The summed E-state index contributed by atoms with van der Waals surface area (Å²) in [5, 5.41) is 2.76. The number of hydrogen-bond donors (Lipinski definition) is 1. The van der Waals surface area contributed by atoms with Gasteiger partial charge in [0.25, 0.3) is 0 Å². The number of nitrogens with one attached hydrogen (secondary N) is 1. The summed E-state index contributed by atoms with van der Waals surface area (Å²) in [7, 11) is -3.34. The zero-order valence-electron chi connectivity index (χ0n) is 14.7. The van der Waals surface area contributed by atoms with Gasteiger partial charge in [0.2, 0.25) is 15.9 Å². The van der Waals surface area contributed by atoms with Gasteiger partial charge in [0.05, 0.1) is 6.26 Å². The topological polar surface area (TPSA) is 66.5 Å². The number of halogens is 1. The predicted molar refractivity (Wildman–Crippen MR) is 95.9 cm³/mol. The fourth-order valence-corrected chi connectivity index (χ4v) is 4.44. The van der Waals surface area contributed by atoms with Crippen molar-refractivity contribution in [2.24, 2.45) is 0 Å². The van der Waals surface area contributed by atoms with Crippen LogP contribution >= 0.6 is 0 Å². The number of carbonyl (C=O) groups excluding carboxylic acids is 1. The van der Waals surface area contributed by atoms with Gasteiger partial charge in [-0.3, -0.25) is 4.79 Å². The van der Waals surface area contributed by atoms with Crippen molar-refractivity contribution in [2.75, 3.05) is 12.8 Å². The quantitative estimate of drug-likeness (QED) is 0.751. The second kappa shape index (κ2) is 9.29. The summed E-state index contributed by atoms with van der Waals surface area (Å²) in [6, 6.07) is 5.92. The van der Waals surface area contributed by atoms with Crippen LogP contribution in [-0.4, -0.2) is 37.5 Å². The molecule has 0 aliphatic heterocycles.